The first-order valence-corrected chi connectivity index (χ1v) is 15.2. The van der Waals surface area contributed by atoms with Gasteiger partial charge in [-0.15, -0.1) is 0 Å². The number of nitrogens with one attached hydrogen (secondary N) is 1. The smallest absolute Gasteiger partial charge is 0.244 e. The summed E-state index contributed by atoms with van der Waals surface area (Å²) in [5.41, 5.74) is 2.16. The van der Waals surface area contributed by atoms with Crippen LogP contribution in [0.4, 0.5) is 5.69 Å². The summed E-state index contributed by atoms with van der Waals surface area (Å²) in [6, 6.07) is 14.1. The highest BCUT2D eigenvalue weighted by molar-refractivity contribution is 7.92. The minimum Gasteiger partial charge on any atom is -0.352 e. The lowest BCUT2D eigenvalue weighted by molar-refractivity contribution is -0.140. The summed E-state index contributed by atoms with van der Waals surface area (Å²) in [5, 5.41) is 3.56. The first-order chi connectivity index (χ1) is 17.6. The second-order valence-electron chi connectivity index (χ2n) is 9.79. The Labute approximate surface area is 226 Å². The maximum atomic E-state index is 13.8. The molecule has 1 saturated carbocycles. The van der Waals surface area contributed by atoms with Gasteiger partial charge >= 0.3 is 0 Å². The topological polar surface area (TPSA) is 86.8 Å². The number of hydrogen-bond donors (Lipinski definition) is 1. The Hall–Kier alpha value is -2.58. The van der Waals surface area contributed by atoms with Crippen molar-refractivity contribution in [2.75, 3.05) is 23.7 Å². The maximum absolute atomic E-state index is 13.8. The summed E-state index contributed by atoms with van der Waals surface area (Å²) in [5.74, 6) is -0.608. The van der Waals surface area contributed by atoms with Gasteiger partial charge in [0.25, 0.3) is 0 Å². The van der Waals surface area contributed by atoms with Gasteiger partial charge in [0.2, 0.25) is 21.8 Å². The van der Waals surface area contributed by atoms with Crippen molar-refractivity contribution >= 4 is 39.1 Å². The summed E-state index contributed by atoms with van der Waals surface area (Å²) in [6.07, 6.45) is 7.27. The predicted octanol–water partition coefficient (Wildman–Crippen LogP) is 4.71. The van der Waals surface area contributed by atoms with Crippen molar-refractivity contribution in [2.45, 2.75) is 70.9 Å². The number of rotatable bonds is 11. The average molecular weight is 548 g/mol. The molecule has 0 aliphatic heterocycles. The molecular formula is C28H38ClN3O4S. The molecule has 202 valence electrons. The number of amides is 2. The Morgan fingerprint density at radius 1 is 1.08 bits per heavy atom. The van der Waals surface area contributed by atoms with E-state index in [2.05, 4.69) is 5.32 Å². The van der Waals surface area contributed by atoms with Crippen LogP contribution in [0.2, 0.25) is 5.02 Å². The molecule has 1 N–H and O–H groups in total. The van der Waals surface area contributed by atoms with E-state index >= 15 is 0 Å². The van der Waals surface area contributed by atoms with Crippen LogP contribution >= 0.6 is 11.6 Å². The summed E-state index contributed by atoms with van der Waals surface area (Å²) in [4.78, 5) is 28.7. The number of hydrogen-bond acceptors (Lipinski definition) is 4. The van der Waals surface area contributed by atoms with Gasteiger partial charge < -0.3 is 10.2 Å². The van der Waals surface area contributed by atoms with Crippen LogP contribution in [-0.2, 0) is 26.0 Å². The van der Waals surface area contributed by atoms with Crippen molar-refractivity contribution in [3.63, 3.8) is 0 Å². The summed E-state index contributed by atoms with van der Waals surface area (Å²) in [6.45, 7) is 3.58. The fourth-order valence-corrected chi connectivity index (χ4v) is 5.81. The average Bonchev–Trinajstić information content (AvgIpc) is 2.87. The van der Waals surface area contributed by atoms with Crippen LogP contribution in [0.15, 0.2) is 48.5 Å². The third-order valence-corrected chi connectivity index (χ3v) is 8.49. The molecule has 0 radical (unpaired) electrons. The van der Waals surface area contributed by atoms with Crippen LogP contribution in [0.1, 0.15) is 56.6 Å². The van der Waals surface area contributed by atoms with Crippen LogP contribution in [0.5, 0.6) is 0 Å². The number of sulfonamides is 1. The van der Waals surface area contributed by atoms with E-state index in [9.17, 15) is 18.0 Å². The SMILES string of the molecule is CC[C@@H](C(=O)NC1CCCCC1)N(CCc1ccccc1)C(=O)CN(c1ccc(C)c(Cl)c1)S(C)(=O)=O. The zero-order chi connectivity index (χ0) is 27.0. The highest BCUT2D eigenvalue weighted by Gasteiger charge is 2.32. The van der Waals surface area contributed by atoms with E-state index in [0.717, 1.165) is 47.4 Å². The maximum Gasteiger partial charge on any atom is 0.244 e. The van der Waals surface area contributed by atoms with Gasteiger partial charge in [-0.3, -0.25) is 13.9 Å². The molecule has 1 aliphatic rings. The number of halogens is 1. The largest absolute Gasteiger partial charge is 0.352 e. The normalized spacial score (nSPS) is 15.1. The molecule has 0 spiro atoms. The van der Waals surface area contributed by atoms with E-state index in [1.807, 2.05) is 44.2 Å². The van der Waals surface area contributed by atoms with Gasteiger partial charge in [-0.2, -0.15) is 0 Å². The highest BCUT2D eigenvalue weighted by atomic mass is 35.5. The zero-order valence-corrected chi connectivity index (χ0v) is 23.5. The van der Waals surface area contributed by atoms with Crippen LogP contribution in [-0.4, -0.2) is 56.6 Å². The van der Waals surface area contributed by atoms with Gasteiger partial charge in [-0.1, -0.05) is 74.2 Å². The van der Waals surface area contributed by atoms with Crippen LogP contribution in [0.3, 0.4) is 0 Å². The Balaban J connectivity index is 1.87. The fraction of sp³-hybridized carbons (Fsp3) is 0.500. The van der Waals surface area contributed by atoms with Gasteiger partial charge in [-0.05, 0) is 55.9 Å². The zero-order valence-electron chi connectivity index (χ0n) is 22.0. The van der Waals surface area contributed by atoms with E-state index in [0.29, 0.717) is 30.1 Å². The Morgan fingerprint density at radius 3 is 2.35 bits per heavy atom. The number of carbonyl (C=O) groups is 2. The molecule has 1 atom stereocenters. The standard InChI is InChI=1S/C28H38ClN3O4S/c1-4-26(28(34)30-23-13-9-6-10-14-23)31(18-17-22-11-7-5-8-12-22)27(33)20-32(37(3,35)36)24-16-15-21(2)25(29)19-24/h5,7-8,11-12,15-16,19,23,26H,4,6,9-10,13-14,17-18,20H2,1-3H3,(H,30,34)/t26-/m0/s1. The lowest BCUT2D eigenvalue weighted by Gasteiger charge is -2.34. The monoisotopic (exact) mass is 547 g/mol. The predicted molar refractivity (Wildman–Crippen MR) is 149 cm³/mol. The number of carbonyl (C=O) groups excluding carboxylic acids is 2. The van der Waals surface area contributed by atoms with Crippen molar-refractivity contribution in [1.82, 2.24) is 10.2 Å². The molecule has 0 unspecified atom stereocenters. The Kier molecular flexibility index (Phi) is 10.4. The van der Waals surface area contributed by atoms with Crippen LogP contribution in [0.25, 0.3) is 0 Å². The van der Waals surface area contributed by atoms with Gasteiger partial charge in [0.05, 0.1) is 11.9 Å². The van der Waals surface area contributed by atoms with Crippen molar-refractivity contribution < 1.29 is 18.0 Å². The Morgan fingerprint density at radius 2 is 1.76 bits per heavy atom. The molecule has 7 nitrogen and oxygen atoms in total. The molecule has 0 aromatic heterocycles. The number of benzene rings is 2. The quantitative estimate of drug-likeness (QED) is 0.441. The van der Waals surface area contributed by atoms with Gasteiger partial charge in [0, 0.05) is 17.6 Å². The minimum atomic E-state index is -3.79. The molecular weight excluding hydrogens is 510 g/mol. The van der Waals surface area contributed by atoms with Crippen molar-refractivity contribution in [1.29, 1.82) is 0 Å². The van der Waals surface area contributed by atoms with E-state index in [4.69, 9.17) is 11.6 Å². The minimum absolute atomic E-state index is 0.114. The molecule has 3 rings (SSSR count). The second-order valence-corrected chi connectivity index (χ2v) is 12.1. The summed E-state index contributed by atoms with van der Waals surface area (Å²) in [7, 11) is -3.79. The lowest BCUT2D eigenvalue weighted by atomic mass is 9.95. The Bertz CT molecular complexity index is 1170. The summed E-state index contributed by atoms with van der Waals surface area (Å²) < 4.78 is 26.5. The lowest BCUT2D eigenvalue weighted by Crippen LogP contribution is -2.54. The molecule has 0 heterocycles. The summed E-state index contributed by atoms with van der Waals surface area (Å²) >= 11 is 6.26. The van der Waals surface area contributed by atoms with Crippen LogP contribution in [0, 0.1) is 6.92 Å². The molecule has 1 fully saturated rings. The highest BCUT2D eigenvalue weighted by Crippen LogP contribution is 2.25. The number of anilines is 1. The van der Waals surface area contributed by atoms with E-state index < -0.39 is 28.5 Å². The fourth-order valence-electron chi connectivity index (χ4n) is 4.79. The van der Waals surface area contributed by atoms with Gasteiger partial charge in [0.1, 0.15) is 12.6 Å². The van der Waals surface area contributed by atoms with E-state index in [1.54, 1.807) is 23.1 Å². The molecule has 2 amide bonds. The van der Waals surface area contributed by atoms with E-state index in [-0.39, 0.29) is 11.9 Å². The molecule has 0 bridgehead atoms. The number of aryl methyl sites for hydroxylation is 1. The van der Waals surface area contributed by atoms with Crippen molar-refractivity contribution in [3.8, 4) is 0 Å². The van der Waals surface area contributed by atoms with Crippen LogP contribution < -0.4 is 9.62 Å². The van der Waals surface area contributed by atoms with Gasteiger partial charge in [0.15, 0.2) is 0 Å². The molecule has 2 aromatic rings. The molecule has 1 aliphatic carbocycles. The molecule has 2 aromatic carbocycles. The molecule has 0 saturated heterocycles. The second kappa shape index (κ2) is 13.3. The molecule has 9 heteroatoms. The third kappa shape index (κ3) is 8.20. The van der Waals surface area contributed by atoms with E-state index in [1.165, 1.54) is 6.42 Å². The first kappa shape index (κ1) is 29.0. The van der Waals surface area contributed by atoms with Gasteiger partial charge in [-0.25, -0.2) is 8.42 Å². The molecule has 37 heavy (non-hydrogen) atoms. The first-order valence-electron chi connectivity index (χ1n) is 13.0. The van der Waals surface area contributed by atoms with Crippen molar-refractivity contribution in [2.24, 2.45) is 0 Å². The number of nitrogens with zero attached hydrogens (tertiary/aromatic N) is 2. The van der Waals surface area contributed by atoms with Crippen molar-refractivity contribution in [3.05, 3.63) is 64.7 Å². The third-order valence-electron chi connectivity index (χ3n) is 6.94.